The van der Waals surface area contributed by atoms with E-state index in [-0.39, 0.29) is 28.1 Å². The predicted octanol–water partition coefficient (Wildman–Crippen LogP) is 6.26. The van der Waals surface area contributed by atoms with Crippen molar-refractivity contribution in [1.29, 1.82) is 0 Å². The number of nitrogens with one attached hydrogen (secondary N) is 2. The van der Waals surface area contributed by atoms with E-state index in [4.69, 9.17) is 4.74 Å². The summed E-state index contributed by atoms with van der Waals surface area (Å²) in [6, 6.07) is 17.0. The standard InChI is InChI=1S/C32H31F2N3O5S/c1-20-9-5-6-13-28(20)43(40,41)37-31(39)36-27(17-21-15-24(33)19-25(34)16-21)29-26(12-8-14-35-29)22-10-7-11-23(18-22)30(38)42-32(2,3)4/h5-16,18-19,27H,17H2,1-4H3,(H2,36,37,39). The van der Waals surface area contributed by atoms with Crippen LogP contribution >= 0.6 is 0 Å². The fourth-order valence-corrected chi connectivity index (χ4v) is 5.66. The molecular weight excluding hydrogens is 576 g/mol. The van der Waals surface area contributed by atoms with Gasteiger partial charge in [-0.25, -0.2) is 31.5 Å². The number of aryl methyl sites for hydroxylation is 1. The van der Waals surface area contributed by atoms with E-state index >= 15 is 0 Å². The summed E-state index contributed by atoms with van der Waals surface area (Å²) in [6.07, 6.45) is 1.33. The number of amides is 2. The third kappa shape index (κ3) is 8.23. The van der Waals surface area contributed by atoms with Crippen LogP contribution in [0, 0.1) is 18.6 Å². The molecule has 1 aromatic heterocycles. The van der Waals surface area contributed by atoms with Gasteiger partial charge in [0.15, 0.2) is 0 Å². The first-order valence-corrected chi connectivity index (χ1v) is 14.8. The van der Waals surface area contributed by atoms with Crippen LogP contribution in [0.25, 0.3) is 11.1 Å². The predicted molar refractivity (Wildman–Crippen MR) is 158 cm³/mol. The van der Waals surface area contributed by atoms with E-state index in [9.17, 15) is 26.8 Å². The minimum absolute atomic E-state index is 0.0774. The summed E-state index contributed by atoms with van der Waals surface area (Å²) in [5.41, 5.74) is 1.52. The maximum absolute atomic E-state index is 14.1. The topological polar surface area (TPSA) is 114 Å². The molecule has 11 heteroatoms. The molecule has 0 radical (unpaired) electrons. The SMILES string of the molecule is Cc1ccccc1S(=O)(=O)NC(=O)NC(Cc1cc(F)cc(F)c1)c1ncccc1-c1cccc(C(=O)OC(C)(C)C)c1. The van der Waals surface area contributed by atoms with E-state index in [0.29, 0.717) is 16.7 Å². The molecule has 43 heavy (non-hydrogen) atoms. The van der Waals surface area contributed by atoms with Crippen molar-refractivity contribution in [2.45, 2.75) is 50.7 Å². The lowest BCUT2D eigenvalue weighted by Crippen LogP contribution is -2.42. The highest BCUT2D eigenvalue weighted by atomic mass is 32.2. The first-order valence-electron chi connectivity index (χ1n) is 13.3. The van der Waals surface area contributed by atoms with Crippen molar-refractivity contribution in [2.75, 3.05) is 0 Å². The molecule has 2 N–H and O–H groups in total. The Hall–Kier alpha value is -4.64. The number of halogens is 2. The molecule has 8 nitrogen and oxygen atoms in total. The third-order valence-electron chi connectivity index (χ3n) is 6.25. The fraction of sp³-hybridized carbons (Fsp3) is 0.219. The summed E-state index contributed by atoms with van der Waals surface area (Å²) in [7, 11) is -4.25. The lowest BCUT2D eigenvalue weighted by Gasteiger charge is -2.22. The monoisotopic (exact) mass is 607 g/mol. The van der Waals surface area contributed by atoms with Crippen LogP contribution in [0.5, 0.6) is 0 Å². The van der Waals surface area contributed by atoms with Gasteiger partial charge in [-0.3, -0.25) is 4.98 Å². The zero-order valence-electron chi connectivity index (χ0n) is 24.0. The Morgan fingerprint density at radius 2 is 1.63 bits per heavy atom. The highest BCUT2D eigenvalue weighted by Gasteiger charge is 2.26. The Morgan fingerprint density at radius 1 is 0.930 bits per heavy atom. The van der Waals surface area contributed by atoms with Gasteiger partial charge < -0.3 is 10.1 Å². The number of carbonyl (C=O) groups excluding carboxylic acids is 2. The molecule has 0 aliphatic carbocycles. The molecule has 0 bridgehead atoms. The van der Waals surface area contributed by atoms with Gasteiger partial charge in [0.1, 0.15) is 17.2 Å². The number of pyridine rings is 1. The van der Waals surface area contributed by atoms with E-state index in [1.54, 1.807) is 76.2 Å². The molecule has 0 fully saturated rings. The molecule has 0 spiro atoms. The van der Waals surface area contributed by atoms with Gasteiger partial charge in [-0.2, -0.15) is 0 Å². The Bertz CT molecular complexity index is 1750. The van der Waals surface area contributed by atoms with Crippen LogP contribution in [0.3, 0.4) is 0 Å². The molecule has 1 atom stereocenters. The summed E-state index contributed by atoms with van der Waals surface area (Å²) in [5, 5.41) is 2.62. The number of nitrogens with zero attached hydrogens (tertiary/aromatic N) is 1. The van der Waals surface area contributed by atoms with Gasteiger partial charge in [-0.05, 0) is 87.2 Å². The number of urea groups is 1. The van der Waals surface area contributed by atoms with Crippen LogP contribution in [0.4, 0.5) is 13.6 Å². The van der Waals surface area contributed by atoms with Gasteiger partial charge in [0.05, 0.1) is 22.2 Å². The van der Waals surface area contributed by atoms with E-state index in [1.807, 2.05) is 4.72 Å². The second-order valence-electron chi connectivity index (χ2n) is 10.9. The van der Waals surface area contributed by atoms with Crippen molar-refractivity contribution in [1.82, 2.24) is 15.0 Å². The quantitative estimate of drug-likeness (QED) is 0.229. The van der Waals surface area contributed by atoms with Gasteiger partial charge in [0.25, 0.3) is 10.0 Å². The van der Waals surface area contributed by atoms with Crippen molar-refractivity contribution in [3.63, 3.8) is 0 Å². The highest BCUT2D eigenvalue weighted by molar-refractivity contribution is 7.90. The van der Waals surface area contributed by atoms with Crippen molar-refractivity contribution < 1.29 is 31.5 Å². The molecule has 0 aliphatic rings. The smallest absolute Gasteiger partial charge is 0.338 e. The average Bonchev–Trinajstić information content (AvgIpc) is 2.91. The molecule has 4 rings (SSSR count). The summed E-state index contributed by atoms with van der Waals surface area (Å²) in [4.78, 5) is 30.3. The summed E-state index contributed by atoms with van der Waals surface area (Å²) in [6.45, 7) is 6.86. The maximum Gasteiger partial charge on any atom is 0.338 e. The van der Waals surface area contributed by atoms with Gasteiger partial charge in [-0.15, -0.1) is 0 Å². The Labute approximate surface area is 249 Å². The number of benzene rings is 3. The molecule has 0 saturated carbocycles. The lowest BCUT2D eigenvalue weighted by molar-refractivity contribution is 0.00694. The molecule has 1 unspecified atom stereocenters. The first kappa shape index (κ1) is 31.3. The number of carbonyl (C=O) groups is 2. The Morgan fingerprint density at radius 3 is 2.30 bits per heavy atom. The number of rotatable bonds is 8. The molecule has 1 heterocycles. The first-order chi connectivity index (χ1) is 20.2. The fourth-order valence-electron chi connectivity index (χ4n) is 4.49. The third-order valence-corrected chi connectivity index (χ3v) is 7.75. The van der Waals surface area contributed by atoms with Crippen molar-refractivity contribution in [2.24, 2.45) is 0 Å². The molecular formula is C32H31F2N3O5S. The number of sulfonamides is 1. The number of esters is 1. The van der Waals surface area contributed by atoms with Crippen molar-refractivity contribution in [3.05, 3.63) is 119 Å². The van der Waals surface area contributed by atoms with Crippen LogP contribution in [0.1, 0.15) is 54.0 Å². The number of ether oxygens (including phenoxy) is 1. The zero-order valence-corrected chi connectivity index (χ0v) is 24.8. The van der Waals surface area contributed by atoms with Crippen LogP contribution in [-0.2, 0) is 21.2 Å². The zero-order chi connectivity index (χ0) is 31.4. The number of hydrogen-bond donors (Lipinski definition) is 2. The van der Waals surface area contributed by atoms with E-state index in [0.717, 1.165) is 18.2 Å². The lowest BCUT2D eigenvalue weighted by atomic mass is 9.94. The molecule has 4 aromatic rings. The Balaban J connectivity index is 1.73. The minimum Gasteiger partial charge on any atom is -0.456 e. The number of hydrogen-bond acceptors (Lipinski definition) is 6. The van der Waals surface area contributed by atoms with Crippen LogP contribution in [0.2, 0.25) is 0 Å². The summed E-state index contributed by atoms with van der Waals surface area (Å²) >= 11 is 0. The molecule has 2 amide bonds. The van der Waals surface area contributed by atoms with Gasteiger partial charge in [0.2, 0.25) is 0 Å². The van der Waals surface area contributed by atoms with Crippen LogP contribution in [0.15, 0.2) is 90.0 Å². The van der Waals surface area contributed by atoms with Crippen LogP contribution < -0.4 is 10.0 Å². The normalized spacial score (nSPS) is 12.3. The van der Waals surface area contributed by atoms with Crippen molar-refractivity contribution >= 4 is 22.0 Å². The Kier molecular flexibility index (Phi) is 9.24. The van der Waals surface area contributed by atoms with E-state index in [2.05, 4.69) is 10.3 Å². The van der Waals surface area contributed by atoms with Crippen LogP contribution in [-0.4, -0.2) is 31.0 Å². The van der Waals surface area contributed by atoms with E-state index in [1.165, 1.54) is 18.3 Å². The molecule has 0 aliphatic heterocycles. The second kappa shape index (κ2) is 12.7. The largest absolute Gasteiger partial charge is 0.456 e. The molecule has 3 aromatic carbocycles. The van der Waals surface area contributed by atoms with Crippen molar-refractivity contribution in [3.8, 4) is 11.1 Å². The average molecular weight is 608 g/mol. The maximum atomic E-state index is 14.1. The molecule has 224 valence electrons. The summed E-state index contributed by atoms with van der Waals surface area (Å²) < 4.78 is 61.7. The van der Waals surface area contributed by atoms with E-state index < -0.39 is 45.3 Å². The van der Waals surface area contributed by atoms with Gasteiger partial charge in [-0.1, -0.05) is 36.4 Å². The molecule has 0 saturated heterocycles. The highest BCUT2D eigenvalue weighted by Crippen LogP contribution is 2.30. The van der Waals surface area contributed by atoms with Gasteiger partial charge >= 0.3 is 12.0 Å². The number of aromatic nitrogens is 1. The van der Waals surface area contributed by atoms with Gasteiger partial charge in [0, 0.05) is 17.8 Å². The minimum atomic E-state index is -4.25. The summed E-state index contributed by atoms with van der Waals surface area (Å²) in [5.74, 6) is -2.16. The second-order valence-corrected chi connectivity index (χ2v) is 12.5.